The Hall–Kier alpha value is -1.61. The van der Waals surface area contributed by atoms with Gasteiger partial charge in [0.25, 0.3) is 0 Å². The molecule has 0 saturated heterocycles. The van der Waals surface area contributed by atoms with E-state index in [0.717, 1.165) is 25.2 Å². The van der Waals surface area contributed by atoms with Crippen molar-refractivity contribution >= 4 is 16.0 Å². The largest absolute Gasteiger partial charge is 0.480 e. The number of halogens is 3. The van der Waals surface area contributed by atoms with E-state index in [4.69, 9.17) is 5.11 Å². The van der Waals surface area contributed by atoms with Gasteiger partial charge in [-0.05, 0) is 18.2 Å². The quantitative estimate of drug-likeness (QED) is 0.912. The van der Waals surface area contributed by atoms with Crippen LogP contribution < -0.4 is 0 Å². The molecule has 0 aliphatic rings. The maximum absolute atomic E-state index is 12.5. The van der Waals surface area contributed by atoms with Gasteiger partial charge in [-0.2, -0.15) is 17.5 Å². The lowest BCUT2D eigenvalue weighted by Crippen LogP contribution is -2.32. The highest BCUT2D eigenvalue weighted by atomic mass is 32.2. The van der Waals surface area contributed by atoms with Crippen LogP contribution in [0.25, 0.3) is 0 Å². The summed E-state index contributed by atoms with van der Waals surface area (Å²) < 4.78 is 61.5. The van der Waals surface area contributed by atoms with Gasteiger partial charge in [-0.15, -0.1) is 0 Å². The number of sulfonamides is 1. The molecule has 0 fully saturated rings. The van der Waals surface area contributed by atoms with Crippen LogP contribution in [0.1, 0.15) is 5.56 Å². The van der Waals surface area contributed by atoms with Crippen molar-refractivity contribution in [2.24, 2.45) is 0 Å². The third-order valence-corrected chi connectivity index (χ3v) is 4.03. The lowest BCUT2D eigenvalue weighted by Gasteiger charge is -2.16. The predicted molar refractivity (Wildman–Crippen MR) is 58.9 cm³/mol. The summed E-state index contributed by atoms with van der Waals surface area (Å²) in [6, 6.07) is 3.12. The standard InChI is InChI=1S/C10H10F3NO4S/c1-14(6-9(15)16)19(17,18)8-4-2-3-7(5-8)10(11,12)13/h2-5H,6H2,1H3,(H,15,16). The summed E-state index contributed by atoms with van der Waals surface area (Å²) in [4.78, 5) is 9.82. The first-order valence-electron chi connectivity index (χ1n) is 4.90. The van der Waals surface area contributed by atoms with Gasteiger partial charge in [0.1, 0.15) is 6.54 Å². The van der Waals surface area contributed by atoms with Gasteiger partial charge in [0.05, 0.1) is 10.5 Å². The van der Waals surface area contributed by atoms with Gasteiger partial charge in [-0.25, -0.2) is 8.42 Å². The molecule has 0 unspecified atom stereocenters. The Morgan fingerprint density at radius 3 is 2.42 bits per heavy atom. The Labute approximate surface area is 107 Å². The number of benzene rings is 1. The number of rotatable bonds is 4. The summed E-state index contributed by atoms with van der Waals surface area (Å²) in [5, 5.41) is 8.49. The van der Waals surface area contributed by atoms with Gasteiger partial charge >= 0.3 is 12.1 Å². The average molecular weight is 297 g/mol. The van der Waals surface area contributed by atoms with E-state index in [2.05, 4.69) is 0 Å². The number of aliphatic carboxylic acids is 1. The molecule has 0 heterocycles. The van der Waals surface area contributed by atoms with Crippen molar-refractivity contribution in [3.63, 3.8) is 0 Å². The topological polar surface area (TPSA) is 74.7 Å². The zero-order chi connectivity index (χ0) is 14.8. The van der Waals surface area contributed by atoms with Crippen molar-refractivity contribution in [1.82, 2.24) is 4.31 Å². The van der Waals surface area contributed by atoms with Crippen molar-refractivity contribution < 1.29 is 31.5 Å². The number of nitrogens with zero attached hydrogens (tertiary/aromatic N) is 1. The zero-order valence-electron chi connectivity index (χ0n) is 9.68. The molecule has 0 aliphatic carbocycles. The lowest BCUT2D eigenvalue weighted by atomic mass is 10.2. The molecule has 9 heteroatoms. The highest BCUT2D eigenvalue weighted by Crippen LogP contribution is 2.30. The van der Waals surface area contributed by atoms with Crippen molar-refractivity contribution in [1.29, 1.82) is 0 Å². The molecular formula is C10H10F3NO4S. The summed E-state index contributed by atoms with van der Waals surface area (Å²) in [5.41, 5.74) is -1.11. The minimum absolute atomic E-state index is 0.463. The Morgan fingerprint density at radius 1 is 1.37 bits per heavy atom. The average Bonchev–Trinajstić information content (AvgIpc) is 2.27. The van der Waals surface area contributed by atoms with E-state index in [0.29, 0.717) is 10.4 Å². The molecule has 0 bridgehead atoms. The summed E-state index contributed by atoms with van der Waals surface area (Å²) in [7, 11) is -3.29. The maximum atomic E-state index is 12.5. The van der Waals surface area contributed by atoms with Crippen LogP contribution in [0.4, 0.5) is 13.2 Å². The van der Waals surface area contributed by atoms with Crippen LogP contribution in [0, 0.1) is 0 Å². The molecule has 1 N–H and O–H groups in total. The highest BCUT2D eigenvalue weighted by molar-refractivity contribution is 7.89. The third-order valence-electron chi connectivity index (χ3n) is 2.23. The Morgan fingerprint density at radius 2 is 1.95 bits per heavy atom. The van der Waals surface area contributed by atoms with Crippen molar-refractivity contribution in [3.05, 3.63) is 29.8 Å². The van der Waals surface area contributed by atoms with E-state index in [1.54, 1.807) is 0 Å². The molecule has 5 nitrogen and oxygen atoms in total. The number of carboxylic acids is 1. The van der Waals surface area contributed by atoms with Crippen LogP contribution in [0.5, 0.6) is 0 Å². The van der Waals surface area contributed by atoms with Crippen LogP contribution in [0.2, 0.25) is 0 Å². The van der Waals surface area contributed by atoms with Crippen LogP contribution in [0.3, 0.4) is 0 Å². The van der Waals surface area contributed by atoms with Gasteiger partial charge in [-0.1, -0.05) is 6.07 Å². The van der Waals surface area contributed by atoms with E-state index in [-0.39, 0.29) is 0 Å². The monoisotopic (exact) mass is 297 g/mol. The SMILES string of the molecule is CN(CC(=O)O)S(=O)(=O)c1cccc(C(F)(F)F)c1. The normalized spacial score (nSPS) is 12.7. The molecule has 0 saturated carbocycles. The van der Waals surface area contributed by atoms with Crippen molar-refractivity contribution in [2.45, 2.75) is 11.1 Å². The third kappa shape index (κ3) is 3.67. The first kappa shape index (κ1) is 15.4. The molecule has 1 aromatic rings. The molecule has 106 valence electrons. The Bertz CT molecular complexity index is 583. The highest BCUT2D eigenvalue weighted by Gasteiger charge is 2.32. The summed E-state index contributed by atoms with van der Waals surface area (Å²) in [6.07, 6.45) is -4.67. The summed E-state index contributed by atoms with van der Waals surface area (Å²) in [6.45, 7) is -0.835. The molecule has 1 aromatic carbocycles. The van der Waals surface area contributed by atoms with Crippen LogP contribution in [0.15, 0.2) is 29.2 Å². The number of alkyl halides is 3. The fourth-order valence-corrected chi connectivity index (χ4v) is 2.46. The number of hydrogen-bond donors (Lipinski definition) is 1. The van der Waals surface area contributed by atoms with E-state index >= 15 is 0 Å². The fourth-order valence-electron chi connectivity index (χ4n) is 1.29. The van der Waals surface area contributed by atoms with Crippen molar-refractivity contribution in [2.75, 3.05) is 13.6 Å². The number of carboxylic acid groups (broad SMARTS) is 1. The molecule has 19 heavy (non-hydrogen) atoms. The van der Waals surface area contributed by atoms with E-state index in [1.807, 2.05) is 0 Å². The molecule has 0 amide bonds. The predicted octanol–water partition coefficient (Wildman–Crippen LogP) is 1.41. The number of carbonyl (C=O) groups is 1. The van der Waals surface area contributed by atoms with Gasteiger partial charge in [0, 0.05) is 7.05 Å². The van der Waals surface area contributed by atoms with Crippen LogP contribution in [-0.4, -0.2) is 37.4 Å². The van der Waals surface area contributed by atoms with Crippen LogP contribution in [-0.2, 0) is 21.0 Å². The molecule has 0 aliphatic heterocycles. The Balaban J connectivity index is 3.19. The first-order valence-corrected chi connectivity index (χ1v) is 6.34. The number of likely N-dealkylation sites (N-methyl/N-ethyl adjacent to an activating group) is 1. The summed E-state index contributed by atoms with van der Waals surface area (Å²) in [5.74, 6) is -1.40. The maximum Gasteiger partial charge on any atom is 0.416 e. The van der Waals surface area contributed by atoms with Gasteiger partial charge in [0.15, 0.2) is 0 Å². The van der Waals surface area contributed by atoms with Crippen molar-refractivity contribution in [3.8, 4) is 0 Å². The fraction of sp³-hybridized carbons (Fsp3) is 0.300. The van der Waals surface area contributed by atoms with E-state index < -0.39 is 39.2 Å². The molecule has 0 aromatic heterocycles. The minimum Gasteiger partial charge on any atom is -0.480 e. The van der Waals surface area contributed by atoms with E-state index in [1.165, 1.54) is 0 Å². The molecule has 0 spiro atoms. The van der Waals surface area contributed by atoms with Gasteiger partial charge in [0.2, 0.25) is 10.0 Å². The Kier molecular flexibility index (Phi) is 4.21. The lowest BCUT2D eigenvalue weighted by molar-refractivity contribution is -0.138. The second kappa shape index (κ2) is 5.17. The minimum atomic E-state index is -4.67. The second-order valence-corrected chi connectivity index (χ2v) is 5.73. The second-order valence-electron chi connectivity index (χ2n) is 3.68. The van der Waals surface area contributed by atoms with E-state index in [9.17, 15) is 26.4 Å². The smallest absolute Gasteiger partial charge is 0.416 e. The van der Waals surface area contributed by atoms with Crippen LogP contribution >= 0.6 is 0 Å². The van der Waals surface area contributed by atoms with Gasteiger partial charge in [-0.3, -0.25) is 4.79 Å². The number of hydrogen-bond acceptors (Lipinski definition) is 3. The molecular weight excluding hydrogens is 287 g/mol. The zero-order valence-corrected chi connectivity index (χ0v) is 10.5. The summed E-state index contributed by atoms with van der Waals surface area (Å²) >= 11 is 0. The first-order chi connectivity index (χ1) is 8.55. The van der Waals surface area contributed by atoms with Gasteiger partial charge < -0.3 is 5.11 Å². The molecule has 1 rings (SSSR count). The molecule has 0 atom stereocenters. The molecule has 0 radical (unpaired) electrons.